The van der Waals surface area contributed by atoms with Crippen LogP contribution in [0.5, 0.6) is 0 Å². The van der Waals surface area contributed by atoms with Crippen molar-refractivity contribution >= 4 is 0 Å². The molecule has 0 radical (unpaired) electrons. The Bertz CT molecular complexity index is 66.0. The van der Waals surface area contributed by atoms with Gasteiger partial charge in [-0.05, 0) is 25.7 Å². The van der Waals surface area contributed by atoms with Crippen LogP contribution >= 0.6 is 0 Å². The molecule has 0 rings (SSSR count). The van der Waals surface area contributed by atoms with Gasteiger partial charge >= 0.3 is 0 Å². The van der Waals surface area contributed by atoms with Crippen LogP contribution in [0.3, 0.4) is 0 Å². The summed E-state index contributed by atoms with van der Waals surface area (Å²) < 4.78 is 5.53. The summed E-state index contributed by atoms with van der Waals surface area (Å²) in [5, 5.41) is 8.58. The lowest BCUT2D eigenvalue weighted by Gasteiger charge is -2.14. The van der Waals surface area contributed by atoms with Crippen LogP contribution in [0.25, 0.3) is 0 Å². The Morgan fingerprint density at radius 1 is 1.36 bits per heavy atom. The number of ether oxygens (including phenoxy) is 1. The van der Waals surface area contributed by atoms with Gasteiger partial charge < -0.3 is 9.84 Å². The summed E-state index contributed by atoms with van der Waals surface area (Å²) >= 11 is 0. The molecule has 1 N–H and O–H groups in total. The van der Waals surface area contributed by atoms with E-state index in [9.17, 15) is 0 Å². The predicted molar refractivity (Wildman–Crippen MR) is 46.6 cm³/mol. The van der Waals surface area contributed by atoms with Gasteiger partial charge in [0.05, 0.1) is 6.10 Å². The van der Waals surface area contributed by atoms with Crippen molar-refractivity contribution in [1.82, 2.24) is 0 Å². The Balaban J connectivity index is 3.25. The quantitative estimate of drug-likeness (QED) is 0.617. The second-order valence-electron chi connectivity index (χ2n) is 2.77. The highest BCUT2D eigenvalue weighted by Crippen LogP contribution is 2.06. The van der Waals surface area contributed by atoms with E-state index >= 15 is 0 Å². The first-order valence-corrected chi connectivity index (χ1v) is 4.57. The van der Waals surface area contributed by atoms with Crippen molar-refractivity contribution in [1.29, 1.82) is 0 Å². The van der Waals surface area contributed by atoms with Crippen molar-refractivity contribution in [3.05, 3.63) is 0 Å². The maximum Gasteiger partial charge on any atom is 0.0573 e. The van der Waals surface area contributed by atoms with Gasteiger partial charge in [0.2, 0.25) is 0 Å². The second kappa shape index (κ2) is 8.02. The predicted octanol–water partition coefficient (Wildman–Crippen LogP) is 1.96. The van der Waals surface area contributed by atoms with Gasteiger partial charge in [-0.1, -0.05) is 13.8 Å². The minimum Gasteiger partial charge on any atom is -0.396 e. The van der Waals surface area contributed by atoms with E-state index < -0.39 is 0 Å². The van der Waals surface area contributed by atoms with Gasteiger partial charge in [0.15, 0.2) is 0 Å². The molecule has 0 bridgehead atoms. The third-order valence-electron chi connectivity index (χ3n) is 1.70. The molecule has 11 heavy (non-hydrogen) atoms. The number of rotatable bonds is 7. The van der Waals surface area contributed by atoms with E-state index in [4.69, 9.17) is 9.84 Å². The van der Waals surface area contributed by atoms with Crippen molar-refractivity contribution in [2.75, 3.05) is 13.2 Å². The van der Waals surface area contributed by atoms with Crippen molar-refractivity contribution < 1.29 is 9.84 Å². The highest BCUT2D eigenvalue weighted by molar-refractivity contribution is 4.54. The Morgan fingerprint density at radius 3 is 2.55 bits per heavy atom. The van der Waals surface area contributed by atoms with Gasteiger partial charge in [-0.3, -0.25) is 0 Å². The summed E-state index contributed by atoms with van der Waals surface area (Å²) in [7, 11) is 0. The molecular weight excluding hydrogens is 140 g/mol. The van der Waals surface area contributed by atoms with Crippen molar-refractivity contribution in [2.24, 2.45) is 0 Å². The van der Waals surface area contributed by atoms with E-state index in [1.807, 2.05) is 0 Å². The number of hydrogen-bond acceptors (Lipinski definition) is 2. The number of aliphatic hydroxyl groups is 1. The van der Waals surface area contributed by atoms with Gasteiger partial charge in [0, 0.05) is 13.2 Å². The molecule has 1 atom stereocenters. The van der Waals surface area contributed by atoms with Crippen LogP contribution in [0.4, 0.5) is 0 Å². The highest BCUT2D eigenvalue weighted by Gasteiger charge is 2.03. The fraction of sp³-hybridized carbons (Fsp3) is 1.00. The first-order chi connectivity index (χ1) is 5.35. The van der Waals surface area contributed by atoms with Crippen LogP contribution in [-0.2, 0) is 4.74 Å². The highest BCUT2D eigenvalue weighted by atomic mass is 16.5. The van der Waals surface area contributed by atoms with Crippen LogP contribution < -0.4 is 0 Å². The van der Waals surface area contributed by atoms with Gasteiger partial charge in [-0.25, -0.2) is 0 Å². The molecule has 0 spiro atoms. The van der Waals surface area contributed by atoms with Crippen LogP contribution in [0.1, 0.15) is 39.5 Å². The van der Waals surface area contributed by atoms with E-state index in [-0.39, 0.29) is 6.61 Å². The lowest BCUT2D eigenvalue weighted by atomic mass is 10.1. The first-order valence-electron chi connectivity index (χ1n) is 4.57. The van der Waals surface area contributed by atoms with Crippen LogP contribution in [0, 0.1) is 0 Å². The second-order valence-corrected chi connectivity index (χ2v) is 2.77. The fourth-order valence-corrected chi connectivity index (χ4v) is 1.01. The van der Waals surface area contributed by atoms with Crippen LogP contribution in [0.2, 0.25) is 0 Å². The third kappa shape index (κ3) is 6.32. The van der Waals surface area contributed by atoms with E-state index in [1.54, 1.807) is 0 Å². The Kier molecular flexibility index (Phi) is 7.96. The first kappa shape index (κ1) is 10.9. The smallest absolute Gasteiger partial charge is 0.0573 e. The van der Waals surface area contributed by atoms with E-state index in [1.165, 1.54) is 0 Å². The summed E-state index contributed by atoms with van der Waals surface area (Å²) in [6, 6.07) is 0. The molecule has 0 amide bonds. The number of aliphatic hydroxyl groups excluding tert-OH is 1. The van der Waals surface area contributed by atoms with E-state index in [0.29, 0.717) is 6.10 Å². The zero-order valence-corrected chi connectivity index (χ0v) is 7.68. The molecule has 68 valence electrons. The minimum absolute atomic E-state index is 0.284. The van der Waals surface area contributed by atoms with E-state index in [0.717, 1.165) is 32.3 Å². The largest absolute Gasteiger partial charge is 0.396 e. The third-order valence-corrected chi connectivity index (χ3v) is 1.70. The minimum atomic E-state index is 0.284. The lowest BCUT2D eigenvalue weighted by molar-refractivity contribution is 0.0408. The van der Waals surface area contributed by atoms with Gasteiger partial charge in [-0.2, -0.15) is 0 Å². The van der Waals surface area contributed by atoms with Crippen LogP contribution in [0.15, 0.2) is 0 Å². The summed E-state index contributed by atoms with van der Waals surface area (Å²) in [4.78, 5) is 0. The summed E-state index contributed by atoms with van der Waals surface area (Å²) in [6.45, 7) is 5.37. The molecule has 0 saturated heterocycles. The standard InChI is InChI=1S/C9H20O2/c1-3-8-11-9(4-2)6-5-7-10/h9-10H,3-8H2,1-2H3. The van der Waals surface area contributed by atoms with Gasteiger partial charge in [-0.15, -0.1) is 0 Å². The molecule has 2 nitrogen and oxygen atoms in total. The maximum atomic E-state index is 8.58. The van der Waals surface area contributed by atoms with Crippen molar-refractivity contribution in [2.45, 2.75) is 45.6 Å². The molecule has 0 aromatic heterocycles. The molecule has 0 heterocycles. The fourth-order valence-electron chi connectivity index (χ4n) is 1.01. The molecular formula is C9H20O2. The zero-order chi connectivity index (χ0) is 8.53. The summed E-state index contributed by atoms with van der Waals surface area (Å²) in [5.41, 5.74) is 0. The number of hydrogen-bond donors (Lipinski definition) is 1. The van der Waals surface area contributed by atoms with Crippen molar-refractivity contribution in [3.63, 3.8) is 0 Å². The zero-order valence-electron chi connectivity index (χ0n) is 7.68. The van der Waals surface area contributed by atoms with Crippen molar-refractivity contribution in [3.8, 4) is 0 Å². The molecule has 0 aliphatic heterocycles. The molecule has 0 aliphatic carbocycles. The average molecular weight is 160 g/mol. The SMILES string of the molecule is CCCOC(CC)CCCO. The molecule has 0 aromatic carbocycles. The molecule has 1 unspecified atom stereocenters. The average Bonchev–Trinajstić information content (AvgIpc) is 2.05. The Labute approximate surface area is 69.6 Å². The van der Waals surface area contributed by atoms with Crippen LogP contribution in [-0.4, -0.2) is 24.4 Å². The topological polar surface area (TPSA) is 29.5 Å². The summed E-state index contributed by atoms with van der Waals surface area (Å²) in [6.07, 6.45) is 4.35. The Hall–Kier alpha value is -0.0800. The molecule has 0 aliphatic rings. The van der Waals surface area contributed by atoms with Gasteiger partial charge in [0.25, 0.3) is 0 Å². The lowest BCUT2D eigenvalue weighted by Crippen LogP contribution is -2.12. The molecule has 0 saturated carbocycles. The molecule has 0 aromatic rings. The van der Waals surface area contributed by atoms with E-state index in [2.05, 4.69) is 13.8 Å². The Morgan fingerprint density at radius 2 is 2.09 bits per heavy atom. The maximum absolute atomic E-state index is 8.58. The normalized spacial score (nSPS) is 13.4. The summed E-state index contributed by atoms with van der Waals surface area (Å²) in [5.74, 6) is 0. The molecule has 0 fully saturated rings. The van der Waals surface area contributed by atoms with Gasteiger partial charge in [0.1, 0.15) is 0 Å². The monoisotopic (exact) mass is 160 g/mol. The molecule has 2 heteroatoms.